The number of aromatic nitrogens is 4. The number of nitrogens with one attached hydrogen (secondary N) is 1. The SMILES string of the molecule is Nc1nc2c(ncn2[C@H]2C[C@H](O)[C@@H](COP(=O)(O)OP(=O)(O)[C@H](F)P(=O)(O)O)O2)c(=O)[nH]1. The number of aliphatic hydroxyl groups is 1. The number of H-pyrrole nitrogens is 1. The van der Waals surface area contributed by atoms with Gasteiger partial charge in [0.15, 0.2) is 11.2 Å². The fourth-order valence-corrected chi connectivity index (χ4v) is 6.68. The van der Waals surface area contributed by atoms with E-state index in [0.717, 1.165) is 0 Å². The second-order valence-corrected chi connectivity index (χ2v) is 12.0. The smallest absolute Gasteiger partial charge is 0.390 e. The maximum atomic E-state index is 13.4. The van der Waals surface area contributed by atoms with Crippen molar-refractivity contribution in [2.75, 3.05) is 12.3 Å². The first-order valence-electron chi connectivity index (χ1n) is 8.37. The molecule has 0 aromatic carbocycles. The van der Waals surface area contributed by atoms with E-state index in [2.05, 4.69) is 23.8 Å². The minimum Gasteiger partial charge on any atom is -0.390 e. The molecule has 0 aliphatic carbocycles. The van der Waals surface area contributed by atoms with Crippen LogP contribution in [-0.4, -0.2) is 68.7 Å². The summed E-state index contributed by atoms with van der Waals surface area (Å²) < 4.78 is 62.4. The maximum absolute atomic E-state index is 13.4. The van der Waals surface area contributed by atoms with E-state index in [1.807, 2.05) is 0 Å². The number of nitrogens with zero attached hydrogens (tertiary/aromatic N) is 3. The first-order chi connectivity index (χ1) is 14.6. The van der Waals surface area contributed by atoms with Crippen molar-refractivity contribution >= 4 is 40.1 Å². The number of aliphatic hydroxyl groups excluding tert-OH is 1. The molecule has 32 heavy (non-hydrogen) atoms. The average molecular weight is 523 g/mol. The Morgan fingerprint density at radius 3 is 2.62 bits per heavy atom. The van der Waals surface area contributed by atoms with E-state index in [-0.39, 0.29) is 23.5 Å². The molecule has 0 spiro atoms. The molecule has 8 N–H and O–H groups in total. The number of imidazole rings is 1. The lowest BCUT2D eigenvalue weighted by atomic mass is 10.2. The van der Waals surface area contributed by atoms with Crippen LogP contribution in [0.25, 0.3) is 11.2 Å². The number of ether oxygens (including phenoxy) is 1. The number of rotatable bonds is 8. The van der Waals surface area contributed by atoms with Crippen molar-refractivity contribution in [3.05, 3.63) is 16.7 Å². The van der Waals surface area contributed by atoms with Crippen LogP contribution in [0.5, 0.6) is 0 Å². The summed E-state index contributed by atoms with van der Waals surface area (Å²) in [4.78, 5) is 57.8. The molecule has 3 rings (SSSR count). The minimum atomic E-state index is -5.93. The van der Waals surface area contributed by atoms with E-state index in [1.165, 1.54) is 10.9 Å². The van der Waals surface area contributed by atoms with E-state index < -0.39 is 59.3 Å². The van der Waals surface area contributed by atoms with Gasteiger partial charge in [0.2, 0.25) is 5.95 Å². The number of nitrogens with two attached hydrogens (primary N) is 1. The Hall–Kier alpha value is -1.55. The quantitative estimate of drug-likeness (QED) is 0.207. The van der Waals surface area contributed by atoms with Crippen molar-refractivity contribution in [2.24, 2.45) is 0 Å². The third-order valence-electron chi connectivity index (χ3n) is 4.13. The molecular formula is C11H17FN5O12P3. The fourth-order valence-electron chi connectivity index (χ4n) is 2.76. The highest BCUT2D eigenvalue weighted by atomic mass is 31.3. The zero-order valence-electron chi connectivity index (χ0n) is 15.5. The third-order valence-corrected chi connectivity index (χ3v) is 9.24. The normalized spacial score (nSPS) is 26.6. The van der Waals surface area contributed by atoms with Crippen molar-refractivity contribution in [2.45, 2.75) is 30.5 Å². The molecule has 1 fully saturated rings. The van der Waals surface area contributed by atoms with Gasteiger partial charge in [-0.2, -0.15) is 4.98 Å². The Balaban J connectivity index is 1.68. The number of anilines is 1. The van der Waals surface area contributed by atoms with E-state index in [4.69, 9.17) is 20.3 Å². The Labute approximate surface area is 176 Å². The summed E-state index contributed by atoms with van der Waals surface area (Å²) in [6.07, 6.45) is -2.57. The summed E-state index contributed by atoms with van der Waals surface area (Å²) in [5, 5.41) is 10.1. The summed E-state index contributed by atoms with van der Waals surface area (Å²) in [7, 11) is -17.2. The Morgan fingerprint density at radius 2 is 2.00 bits per heavy atom. The first-order valence-corrected chi connectivity index (χ1v) is 13.2. The Morgan fingerprint density at radius 1 is 1.34 bits per heavy atom. The summed E-state index contributed by atoms with van der Waals surface area (Å²) in [5.74, 6) is -0.212. The second kappa shape index (κ2) is 8.66. The van der Waals surface area contributed by atoms with E-state index >= 15 is 0 Å². The number of hydrogen-bond donors (Lipinski definition) is 7. The summed E-state index contributed by atoms with van der Waals surface area (Å²) >= 11 is 0. The van der Waals surface area contributed by atoms with Crippen LogP contribution < -0.4 is 11.3 Å². The molecule has 0 radical (unpaired) electrons. The van der Waals surface area contributed by atoms with Crippen LogP contribution in [0.1, 0.15) is 12.6 Å². The van der Waals surface area contributed by atoms with Crippen LogP contribution >= 0.6 is 23.0 Å². The highest BCUT2D eigenvalue weighted by Gasteiger charge is 2.51. The number of halogens is 1. The highest BCUT2D eigenvalue weighted by molar-refractivity contribution is 7.74. The predicted octanol–water partition coefficient (Wildman–Crippen LogP) is -0.900. The van der Waals surface area contributed by atoms with Gasteiger partial charge in [-0.05, 0) is 0 Å². The van der Waals surface area contributed by atoms with Gasteiger partial charge in [0.1, 0.15) is 12.3 Å². The monoisotopic (exact) mass is 523 g/mol. The molecular weight excluding hydrogens is 506 g/mol. The van der Waals surface area contributed by atoms with Crippen molar-refractivity contribution in [1.29, 1.82) is 0 Å². The van der Waals surface area contributed by atoms with Crippen LogP contribution in [0.3, 0.4) is 0 Å². The summed E-state index contributed by atoms with van der Waals surface area (Å²) in [6, 6.07) is 0. The maximum Gasteiger partial charge on any atom is 0.479 e. The zero-order chi connectivity index (χ0) is 24.1. The average Bonchev–Trinajstić information content (AvgIpc) is 3.21. The molecule has 3 heterocycles. The molecule has 21 heteroatoms. The predicted molar refractivity (Wildman–Crippen MR) is 101 cm³/mol. The van der Waals surface area contributed by atoms with Gasteiger partial charge in [-0.25, -0.2) is 18.3 Å². The largest absolute Gasteiger partial charge is 0.479 e. The van der Waals surface area contributed by atoms with Crippen molar-refractivity contribution in [3.63, 3.8) is 0 Å². The molecule has 2 aromatic heterocycles. The highest BCUT2D eigenvalue weighted by Crippen LogP contribution is 2.70. The molecule has 2 unspecified atom stereocenters. The number of phosphoric acid groups is 1. The van der Waals surface area contributed by atoms with Gasteiger partial charge < -0.3 is 35.2 Å². The Kier molecular flexibility index (Phi) is 6.79. The number of aromatic amines is 1. The topological polar surface area (TPSA) is 270 Å². The van der Waals surface area contributed by atoms with Gasteiger partial charge in [-0.15, -0.1) is 0 Å². The van der Waals surface area contributed by atoms with Gasteiger partial charge in [-0.3, -0.25) is 28.0 Å². The number of alkyl halides is 1. The molecule has 6 atom stereocenters. The standard InChI is InChI=1S/C11H17FN5O12P3/c12-10(30(20,21)22)31(23,24)29-32(25,26)27-2-5-4(18)1-6(28-5)17-3-14-7-8(17)15-11(13)16-9(7)19/h3-6,10,18H,1-2H2,(H,23,24)(H,25,26)(H2,20,21,22)(H3,13,15,16,19)/t4-,5+,6+,10+/m0/s1. The van der Waals surface area contributed by atoms with Crippen LogP contribution in [0, 0.1) is 0 Å². The minimum absolute atomic E-state index is 0.0221. The lowest BCUT2D eigenvalue weighted by Crippen LogP contribution is -2.26. The molecule has 1 aliphatic rings. The van der Waals surface area contributed by atoms with Crippen LogP contribution in [0.2, 0.25) is 0 Å². The van der Waals surface area contributed by atoms with E-state index in [9.17, 15) is 37.8 Å². The van der Waals surface area contributed by atoms with Crippen molar-refractivity contribution in [1.82, 2.24) is 19.5 Å². The number of hydrogen-bond acceptors (Lipinski definition) is 11. The van der Waals surface area contributed by atoms with Crippen LogP contribution in [-0.2, 0) is 27.3 Å². The molecule has 180 valence electrons. The fraction of sp³-hybridized carbons (Fsp3) is 0.545. The molecule has 0 saturated carbocycles. The van der Waals surface area contributed by atoms with Crippen LogP contribution in [0.4, 0.5) is 10.3 Å². The number of fused-ring (bicyclic) bond motifs is 1. The molecule has 1 aliphatic heterocycles. The Bertz CT molecular complexity index is 1210. The third kappa shape index (κ3) is 5.32. The van der Waals surface area contributed by atoms with E-state index in [1.54, 1.807) is 0 Å². The van der Waals surface area contributed by atoms with Gasteiger partial charge >= 0.3 is 23.0 Å². The van der Waals surface area contributed by atoms with Gasteiger partial charge in [0.05, 0.1) is 19.0 Å². The van der Waals surface area contributed by atoms with Crippen LogP contribution in [0.15, 0.2) is 11.1 Å². The molecule has 17 nitrogen and oxygen atoms in total. The first kappa shape index (κ1) is 25.1. The summed E-state index contributed by atoms with van der Waals surface area (Å²) in [5.41, 5.74) is 1.03. The van der Waals surface area contributed by atoms with E-state index in [0.29, 0.717) is 0 Å². The van der Waals surface area contributed by atoms with Crippen molar-refractivity contribution < 1.29 is 56.3 Å². The number of nitrogen functional groups attached to an aromatic ring is 1. The number of phosphoric ester groups is 1. The molecule has 2 aromatic rings. The summed E-state index contributed by atoms with van der Waals surface area (Å²) in [6.45, 7) is -0.916. The van der Waals surface area contributed by atoms with Gasteiger partial charge in [0, 0.05) is 6.42 Å². The lowest BCUT2D eigenvalue weighted by Gasteiger charge is -2.21. The lowest BCUT2D eigenvalue weighted by molar-refractivity contribution is -0.0421. The van der Waals surface area contributed by atoms with Crippen molar-refractivity contribution in [3.8, 4) is 0 Å². The molecule has 0 amide bonds. The van der Waals surface area contributed by atoms with Gasteiger partial charge in [-0.1, -0.05) is 0 Å². The van der Waals surface area contributed by atoms with Gasteiger partial charge in [0.25, 0.3) is 11.2 Å². The second-order valence-electron chi connectivity index (χ2n) is 6.52. The zero-order valence-corrected chi connectivity index (χ0v) is 18.2. The molecule has 0 bridgehead atoms. The molecule has 1 saturated heterocycles.